The van der Waals surface area contributed by atoms with Crippen molar-refractivity contribution in [2.75, 3.05) is 0 Å². The van der Waals surface area contributed by atoms with E-state index in [2.05, 4.69) is 4.98 Å². The number of rotatable bonds is 4. The Balaban J connectivity index is 2.12. The van der Waals surface area contributed by atoms with Crippen LogP contribution in [0, 0.1) is 18.6 Å². The van der Waals surface area contributed by atoms with Crippen LogP contribution in [0.3, 0.4) is 0 Å². The van der Waals surface area contributed by atoms with Crippen molar-refractivity contribution in [2.24, 2.45) is 0 Å². The number of nitrogens with one attached hydrogen (secondary N) is 1. The van der Waals surface area contributed by atoms with Crippen molar-refractivity contribution in [1.82, 2.24) is 9.71 Å². The molecule has 0 aliphatic carbocycles. The molecule has 9 heteroatoms. The van der Waals surface area contributed by atoms with E-state index < -0.39 is 32.5 Å². The zero-order valence-electron chi connectivity index (χ0n) is 11.2. The van der Waals surface area contributed by atoms with Crippen LogP contribution < -0.4 is 4.72 Å². The summed E-state index contributed by atoms with van der Waals surface area (Å²) < 4.78 is 51.3. The van der Waals surface area contributed by atoms with Gasteiger partial charge in [-0.05, 0) is 31.2 Å². The third-order valence-corrected chi connectivity index (χ3v) is 4.70. The molecule has 1 aromatic heterocycles. The number of carbonyl (C=O) groups excluding carboxylic acids is 1. The molecule has 2 aromatic rings. The van der Waals surface area contributed by atoms with Gasteiger partial charge in [-0.2, -0.15) is 0 Å². The topological polar surface area (TPSA) is 76.1 Å². The van der Waals surface area contributed by atoms with Crippen molar-refractivity contribution in [2.45, 2.75) is 11.8 Å². The van der Waals surface area contributed by atoms with E-state index in [4.69, 9.17) is 0 Å². The van der Waals surface area contributed by atoms with E-state index in [1.165, 1.54) is 23.6 Å². The molecule has 0 saturated carbocycles. The highest BCUT2D eigenvalue weighted by molar-refractivity contribution is 7.90. The molecule has 1 N–H and O–H groups in total. The predicted molar refractivity (Wildman–Crippen MR) is 77.6 cm³/mol. The summed E-state index contributed by atoms with van der Waals surface area (Å²) in [6.07, 6.45) is 3.96. The number of halogens is 2. The van der Waals surface area contributed by atoms with Crippen molar-refractivity contribution in [3.63, 3.8) is 0 Å². The van der Waals surface area contributed by atoms with Crippen LogP contribution in [-0.2, 0) is 14.8 Å². The molecule has 0 atom stereocenters. The maximum atomic E-state index is 13.0. The third kappa shape index (κ3) is 3.95. The first-order chi connectivity index (χ1) is 10.3. The van der Waals surface area contributed by atoms with Crippen molar-refractivity contribution in [3.05, 3.63) is 52.0 Å². The maximum Gasteiger partial charge on any atom is 0.264 e. The number of aromatic nitrogens is 1. The Morgan fingerprint density at radius 2 is 2.05 bits per heavy atom. The SMILES string of the molecule is Cc1ncc(/C=C/C(=O)NS(=O)(=O)c2ccc(F)c(F)c2)s1. The summed E-state index contributed by atoms with van der Waals surface area (Å²) in [7, 11) is -4.27. The van der Waals surface area contributed by atoms with Crippen LogP contribution in [-0.4, -0.2) is 19.3 Å². The smallest absolute Gasteiger partial charge is 0.264 e. The second-order valence-electron chi connectivity index (χ2n) is 4.16. The lowest BCUT2D eigenvalue weighted by molar-refractivity contribution is -0.114. The zero-order valence-corrected chi connectivity index (χ0v) is 12.8. The van der Waals surface area contributed by atoms with E-state index in [0.717, 1.165) is 17.2 Å². The van der Waals surface area contributed by atoms with Crippen LogP contribution in [0.1, 0.15) is 9.88 Å². The van der Waals surface area contributed by atoms with Gasteiger partial charge in [-0.15, -0.1) is 11.3 Å². The predicted octanol–water partition coefficient (Wildman–Crippen LogP) is 2.25. The van der Waals surface area contributed by atoms with Crippen molar-refractivity contribution < 1.29 is 22.0 Å². The van der Waals surface area contributed by atoms with E-state index in [9.17, 15) is 22.0 Å². The fourth-order valence-electron chi connectivity index (χ4n) is 1.48. The molecule has 116 valence electrons. The molecule has 0 unspecified atom stereocenters. The molecular weight excluding hydrogens is 334 g/mol. The number of thiazole rings is 1. The molecule has 0 spiro atoms. The van der Waals surface area contributed by atoms with Crippen LogP contribution in [0.25, 0.3) is 6.08 Å². The summed E-state index contributed by atoms with van der Waals surface area (Å²) in [5.74, 6) is -3.40. The van der Waals surface area contributed by atoms with Gasteiger partial charge in [0.05, 0.1) is 9.90 Å². The van der Waals surface area contributed by atoms with Crippen LogP contribution in [0.5, 0.6) is 0 Å². The summed E-state index contributed by atoms with van der Waals surface area (Å²) in [5.41, 5.74) is 0. The first-order valence-electron chi connectivity index (χ1n) is 5.90. The van der Waals surface area contributed by atoms with Crippen molar-refractivity contribution in [3.8, 4) is 0 Å². The summed E-state index contributed by atoms with van der Waals surface area (Å²) in [4.78, 5) is 15.7. The molecule has 1 aromatic carbocycles. The molecule has 1 heterocycles. The van der Waals surface area contributed by atoms with E-state index in [1.807, 2.05) is 0 Å². The molecular formula is C13H10F2N2O3S2. The van der Waals surface area contributed by atoms with Gasteiger partial charge in [-0.3, -0.25) is 4.79 Å². The number of benzene rings is 1. The first kappa shape index (κ1) is 16.2. The van der Waals surface area contributed by atoms with Crippen LogP contribution in [0.4, 0.5) is 8.78 Å². The van der Waals surface area contributed by atoms with Crippen molar-refractivity contribution >= 4 is 33.3 Å². The lowest BCUT2D eigenvalue weighted by atomic mass is 10.3. The van der Waals surface area contributed by atoms with E-state index in [1.54, 1.807) is 11.6 Å². The molecule has 0 fully saturated rings. The lowest BCUT2D eigenvalue weighted by Crippen LogP contribution is -2.29. The first-order valence-corrected chi connectivity index (χ1v) is 8.20. The van der Waals surface area contributed by atoms with Gasteiger partial charge in [0.2, 0.25) is 0 Å². The van der Waals surface area contributed by atoms with Gasteiger partial charge in [0.25, 0.3) is 15.9 Å². The van der Waals surface area contributed by atoms with E-state index in [0.29, 0.717) is 17.0 Å². The largest absolute Gasteiger partial charge is 0.269 e. The second kappa shape index (κ2) is 6.32. The quantitative estimate of drug-likeness (QED) is 0.863. The fourth-order valence-corrected chi connectivity index (χ4v) is 3.13. The summed E-state index contributed by atoms with van der Waals surface area (Å²) >= 11 is 1.33. The third-order valence-electron chi connectivity index (χ3n) is 2.47. The number of aryl methyl sites for hydroxylation is 1. The average Bonchev–Trinajstić information content (AvgIpc) is 2.85. The number of amides is 1. The molecule has 22 heavy (non-hydrogen) atoms. The molecule has 1 amide bonds. The Labute approximate surface area is 129 Å². The highest BCUT2D eigenvalue weighted by Gasteiger charge is 2.18. The number of carbonyl (C=O) groups is 1. The van der Waals surface area contributed by atoms with Gasteiger partial charge >= 0.3 is 0 Å². The monoisotopic (exact) mass is 344 g/mol. The number of sulfonamides is 1. The minimum absolute atomic E-state index is 0.501. The van der Waals surface area contributed by atoms with Crippen LogP contribution in [0.2, 0.25) is 0 Å². The number of nitrogens with zero attached hydrogens (tertiary/aromatic N) is 1. The Hall–Kier alpha value is -2.13. The van der Waals surface area contributed by atoms with Crippen molar-refractivity contribution in [1.29, 1.82) is 0 Å². The summed E-state index contributed by atoms with van der Waals surface area (Å²) in [5, 5.41) is 0.800. The number of hydrogen-bond donors (Lipinski definition) is 1. The second-order valence-corrected chi connectivity index (χ2v) is 7.11. The Kier molecular flexibility index (Phi) is 4.67. The maximum absolute atomic E-state index is 13.0. The van der Waals surface area contributed by atoms with Crippen LogP contribution in [0.15, 0.2) is 35.4 Å². The molecule has 0 aliphatic heterocycles. The minimum Gasteiger partial charge on any atom is -0.269 e. The van der Waals surface area contributed by atoms with Gasteiger partial charge in [0.15, 0.2) is 11.6 Å². The van der Waals surface area contributed by atoms with Gasteiger partial charge in [-0.1, -0.05) is 0 Å². The van der Waals surface area contributed by atoms with Crippen LogP contribution >= 0.6 is 11.3 Å². The summed E-state index contributed by atoms with van der Waals surface area (Å²) in [6.45, 7) is 1.79. The fraction of sp³-hybridized carbons (Fsp3) is 0.0769. The average molecular weight is 344 g/mol. The number of hydrogen-bond acceptors (Lipinski definition) is 5. The minimum atomic E-state index is -4.27. The Bertz CT molecular complexity index is 845. The van der Waals surface area contributed by atoms with E-state index >= 15 is 0 Å². The highest BCUT2D eigenvalue weighted by Crippen LogP contribution is 2.15. The standard InChI is InChI=1S/C13H10F2N2O3S2/c1-8-16-7-9(21-8)2-5-13(18)17-22(19,20)10-3-4-11(14)12(15)6-10/h2-7H,1H3,(H,17,18)/b5-2+. The Morgan fingerprint density at radius 1 is 1.32 bits per heavy atom. The lowest BCUT2D eigenvalue weighted by Gasteiger charge is -2.05. The van der Waals surface area contributed by atoms with Gasteiger partial charge < -0.3 is 0 Å². The molecule has 5 nitrogen and oxygen atoms in total. The van der Waals surface area contributed by atoms with Gasteiger partial charge in [0.1, 0.15) is 0 Å². The molecule has 0 saturated heterocycles. The highest BCUT2D eigenvalue weighted by atomic mass is 32.2. The molecule has 0 bridgehead atoms. The van der Waals surface area contributed by atoms with Gasteiger partial charge in [-0.25, -0.2) is 26.9 Å². The molecule has 2 rings (SSSR count). The molecule has 0 radical (unpaired) electrons. The normalized spacial score (nSPS) is 11.8. The zero-order chi connectivity index (χ0) is 16.3. The molecule has 0 aliphatic rings. The van der Waals surface area contributed by atoms with Gasteiger partial charge in [0, 0.05) is 17.2 Å². The Morgan fingerprint density at radius 3 is 2.64 bits per heavy atom. The van der Waals surface area contributed by atoms with E-state index in [-0.39, 0.29) is 0 Å². The summed E-state index contributed by atoms with van der Waals surface area (Å²) in [6, 6.07) is 2.04.